The van der Waals surface area contributed by atoms with Gasteiger partial charge >= 0.3 is 0 Å². The van der Waals surface area contributed by atoms with Crippen molar-refractivity contribution in [3.63, 3.8) is 0 Å². The zero-order valence-corrected chi connectivity index (χ0v) is 20.7. The zero-order chi connectivity index (χ0) is 24.2. The van der Waals surface area contributed by atoms with Crippen LogP contribution >= 0.6 is 0 Å². The molecule has 1 unspecified atom stereocenters. The number of likely N-dealkylation sites (tertiary alicyclic amines) is 1. The number of piperidine rings is 1. The smallest absolute Gasteiger partial charge is 0.223 e. The first-order valence-corrected chi connectivity index (χ1v) is 12.1. The minimum Gasteiger partial charge on any atom is -0.497 e. The number of benzene rings is 2. The molecule has 1 saturated heterocycles. The summed E-state index contributed by atoms with van der Waals surface area (Å²) in [5.41, 5.74) is 1.10. The first-order chi connectivity index (χ1) is 16.5. The second-order valence-electron chi connectivity index (χ2n) is 8.86. The van der Waals surface area contributed by atoms with E-state index in [1.54, 1.807) is 7.11 Å². The van der Waals surface area contributed by atoms with Crippen LogP contribution in [0, 0.1) is 5.92 Å². The third kappa shape index (κ3) is 8.78. The van der Waals surface area contributed by atoms with Crippen LogP contribution in [0.25, 0.3) is 0 Å². The van der Waals surface area contributed by atoms with Gasteiger partial charge in [0.05, 0.1) is 20.1 Å². The maximum atomic E-state index is 11.9. The average Bonchev–Trinajstić information content (AvgIpc) is 2.85. The van der Waals surface area contributed by atoms with E-state index in [0.29, 0.717) is 32.8 Å². The largest absolute Gasteiger partial charge is 0.497 e. The van der Waals surface area contributed by atoms with Crippen molar-refractivity contribution < 1.29 is 23.7 Å². The summed E-state index contributed by atoms with van der Waals surface area (Å²) in [4.78, 5) is 14.3. The van der Waals surface area contributed by atoms with Crippen LogP contribution in [0.1, 0.15) is 31.7 Å². The molecule has 0 spiro atoms. The molecule has 1 fully saturated rings. The molecule has 0 saturated carbocycles. The standard InChI is InChI=1S/C20H23NO5.C7H15N/c1-23-16-3-5-17(6-4-16)24-11-9-20(22)21-10-8-15-2-7-18-19(14-15)26-13-12-25-18;1-7-4-3-5-8(2)6-7/h2-7,14H,8-13H2,1H3,(H,21,22);7H,3-6H2,1-2H3. The lowest BCUT2D eigenvalue weighted by molar-refractivity contribution is -0.121. The molecule has 34 heavy (non-hydrogen) atoms. The number of hydrogen-bond acceptors (Lipinski definition) is 6. The quantitative estimate of drug-likeness (QED) is 0.630. The van der Waals surface area contributed by atoms with Crippen molar-refractivity contribution in [3.05, 3.63) is 48.0 Å². The van der Waals surface area contributed by atoms with E-state index in [-0.39, 0.29) is 5.91 Å². The third-order valence-corrected chi connectivity index (χ3v) is 5.86. The molecule has 0 aromatic heterocycles. The van der Waals surface area contributed by atoms with E-state index >= 15 is 0 Å². The summed E-state index contributed by atoms with van der Waals surface area (Å²) in [6.45, 7) is 7.01. The van der Waals surface area contributed by atoms with Crippen molar-refractivity contribution in [2.24, 2.45) is 5.92 Å². The highest BCUT2D eigenvalue weighted by Crippen LogP contribution is 2.30. The topological polar surface area (TPSA) is 69.3 Å². The maximum Gasteiger partial charge on any atom is 0.223 e. The Kier molecular flexibility index (Phi) is 10.3. The number of carbonyl (C=O) groups excluding carboxylic acids is 1. The fourth-order valence-electron chi connectivity index (χ4n) is 4.04. The molecule has 1 amide bonds. The average molecular weight is 471 g/mol. The summed E-state index contributed by atoms with van der Waals surface area (Å²) in [6.07, 6.45) is 3.89. The SMILES string of the molecule is CC1CCCN(C)C1.COc1ccc(OCCC(=O)NCCc2ccc3c(c2)OCCO3)cc1. The minimum absolute atomic E-state index is 0.0314. The predicted molar refractivity (Wildman–Crippen MR) is 133 cm³/mol. The van der Waals surface area contributed by atoms with Crippen molar-refractivity contribution in [2.75, 3.05) is 53.6 Å². The molecule has 7 nitrogen and oxygen atoms in total. The Hall–Kier alpha value is -2.93. The number of amides is 1. The number of rotatable bonds is 8. The summed E-state index contributed by atoms with van der Waals surface area (Å²) in [5, 5.41) is 2.90. The van der Waals surface area contributed by atoms with Crippen LogP contribution in [0.15, 0.2) is 42.5 Å². The van der Waals surface area contributed by atoms with Crippen molar-refractivity contribution in [3.8, 4) is 23.0 Å². The van der Waals surface area contributed by atoms with Gasteiger partial charge < -0.3 is 29.2 Å². The molecular formula is C27H38N2O5. The lowest BCUT2D eigenvalue weighted by Gasteiger charge is -2.26. The van der Waals surface area contributed by atoms with Gasteiger partial charge in [0.15, 0.2) is 11.5 Å². The van der Waals surface area contributed by atoms with Crippen molar-refractivity contribution in [1.82, 2.24) is 10.2 Å². The van der Waals surface area contributed by atoms with Gasteiger partial charge in [0, 0.05) is 13.1 Å². The molecule has 2 aromatic carbocycles. The molecule has 1 atom stereocenters. The van der Waals surface area contributed by atoms with Crippen LogP contribution in [0.3, 0.4) is 0 Å². The molecule has 0 radical (unpaired) electrons. The van der Waals surface area contributed by atoms with E-state index in [2.05, 4.69) is 24.2 Å². The van der Waals surface area contributed by atoms with Gasteiger partial charge in [-0.25, -0.2) is 0 Å². The highest BCUT2D eigenvalue weighted by molar-refractivity contribution is 5.76. The molecule has 186 valence electrons. The minimum atomic E-state index is -0.0314. The van der Waals surface area contributed by atoms with Crippen LogP contribution in [0.2, 0.25) is 0 Å². The number of nitrogens with zero attached hydrogens (tertiary/aromatic N) is 1. The Bertz CT molecular complexity index is 879. The number of nitrogens with one attached hydrogen (secondary N) is 1. The lowest BCUT2D eigenvalue weighted by Crippen LogP contribution is -2.30. The van der Waals surface area contributed by atoms with Crippen molar-refractivity contribution >= 4 is 5.91 Å². The fourth-order valence-corrected chi connectivity index (χ4v) is 4.04. The first kappa shape index (κ1) is 25.7. The second-order valence-corrected chi connectivity index (χ2v) is 8.86. The van der Waals surface area contributed by atoms with Crippen LogP contribution < -0.4 is 24.3 Å². The van der Waals surface area contributed by atoms with Crippen molar-refractivity contribution in [1.29, 1.82) is 0 Å². The summed E-state index contributed by atoms with van der Waals surface area (Å²) in [6, 6.07) is 13.1. The maximum absolute atomic E-state index is 11.9. The number of methoxy groups -OCH3 is 1. The van der Waals surface area contributed by atoms with Crippen LogP contribution in [0.5, 0.6) is 23.0 Å². The molecule has 2 aliphatic rings. The molecule has 7 heteroatoms. The summed E-state index contributed by atoms with van der Waals surface area (Å²) < 4.78 is 21.7. The van der Waals surface area contributed by atoms with Gasteiger partial charge in [-0.2, -0.15) is 0 Å². The highest BCUT2D eigenvalue weighted by Gasteiger charge is 2.12. The fraction of sp³-hybridized carbons (Fsp3) is 0.519. The van der Waals surface area contributed by atoms with Gasteiger partial charge in [-0.15, -0.1) is 0 Å². The van der Waals surface area contributed by atoms with Gasteiger partial charge in [0.25, 0.3) is 0 Å². The van der Waals surface area contributed by atoms with Crippen LogP contribution in [0.4, 0.5) is 0 Å². The number of ether oxygens (including phenoxy) is 4. The normalized spacial score (nSPS) is 17.2. The molecule has 0 bridgehead atoms. The first-order valence-electron chi connectivity index (χ1n) is 12.1. The monoisotopic (exact) mass is 470 g/mol. The van der Waals surface area contributed by atoms with Crippen molar-refractivity contribution in [2.45, 2.75) is 32.6 Å². The van der Waals surface area contributed by atoms with E-state index in [1.165, 1.54) is 25.9 Å². The number of carbonyl (C=O) groups is 1. The molecule has 2 heterocycles. The molecule has 2 aliphatic heterocycles. The molecule has 0 aliphatic carbocycles. The second kappa shape index (κ2) is 13.7. The molecule has 4 rings (SSSR count). The Morgan fingerprint density at radius 1 is 1.09 bits per heavy atom. The molecule has 1 N–H and O–H groups in total. The van der Waals surface area contributed by atoms with Gasteiger partial charge in [-0.1, -0.05) is 13.0 Å². The van der Waals surface area contributed by atoms with Gasteiger partial charge in [-0.05, 0) is 80.7 Å². The van der Waals surface area contributed by atoms with E-state index < -0.39 is 0 Å². The van der Waals surface area contributed by atoms with Gasteiger partial charge in [0.2, 0.25) is 5.91 Å². The Labute approximate surface area is 203 Å². The summed E-state index contributed by atoms with van der Waals surface area (Å²) >= 11 is 0. The zero-order valence-electron chi connectivity index (χ0n) is 20.7. The van der Waals surface area contributed by atoms with Gasteiger partial charge in [0.1, 0.15) is 24.7 Å². The lowest BCUT2D eigenvalue weighted by atomic mass is 10.0. The van der Waals surface area contributed by atoms with E-state index in [4.69, 9.17) is 18.9 Å². The van der Waals surface area contributed by atoms with Crippen LogP contribution in [-0.4, -0.2) is 64.4 Å². The van der Waals surface area contributed by atoms with E-state index in [0.717, 1.165) is 40.9 Å². The highest BCUT2D eigenvalue weighted by atomic mass is 16.6. The number of fused-ring (bicyclic) bond motifs is 1. The molecule has 2 aromatic rings. The van der Waals surface area contributed by atoms with Crippen LogP contribution in [-0.2, 0) is 11.2 Å². The summed E-state index contributed by atoms with van der Waals surface area (Å²) in [7, 11) is 3.82. The Morgan fingerprint density at radius 2 is 1.82 bits per heavy atom. The Balaban J connectivity index is 0.000000343. The van der Waals surface area contributed by atoms with Gasteiger partial charge in [-0.3, -0.25) is 4.79 Å². The van der Waals surface area contributed by atoms with E-state index in [1.807, 2.05) is 42.5 Å². The van der Waals surface area contributed by atoms with E-state index in [9.17, 15) is 4.79 Å². The number of hydrogen-bond donors (Lipinski definition) is 1. The molecular weight excluding hydrogens is 432 g/mol. The Morgan fingerprint density at radius 3 is 2.50 bits per heavy atom. The summed E-state index contributed by atoms with van der Waals surface area (Å²) in [5.74, 6) is 3.95. The predicted octanol–water partition coefficient (Wildman–Crippen LogP) is 3.94. The third-order valence-electron chi connectivity index (χ3n) is 5.86.